The maximum Gasteiger partial charge on any atom is 0.144 e. The highest BCUT2D eigenvalue weighted by atomic mass is 15.0. The molecule has 4 nitrogen and oxygen atoms in total. The first kappa shape index (κ1) is 5.81. The highest BCUT2D eigenvalue weighted by Crippen LogP contribution is 1.98. The predicted octanol–water partition coefficient (Wildman–Crippen LogP) is 0.100. The average Bonchev–Trinajstić information content (AvgIpc) is 1.90. The van der Waals surface area contributed by atoms with Crippen LogP contribution in [0.4, 0.5) is 11.6 Å². The molecule has 1 rings (SSSR count). The summed E-state index contributed by atoms with van der Waals surface area (Å²) in [5.41, 5.74) is 5.28. The molecule has 1 heterocycles. The molecule has 0 saturated carbocycles. The highest BCUT2D eigenvalue weighted by molar-refractivity contribution is 5.34. The van der Waals surface area contributed by atoms with Gasteiger partial charge >= 0.3 is 0 Å². The van der Waals surface area contributed by atoms with Gasteiger partial charge in [0, 0.05) is 7.05 Å². The maximum atomic E-state index is 5.28. The van der Waals surface area contributed by atoms with Gasteiger partial charge in [0.1, 0.15) is 11.6 Å². The monoisotopic (exact) mass is 124 g/mol. The molecule has 0 aromatic carbocycles. The molecule has 0 atom stereocenters. The molecule has 0 aliphatic heterocycles. The Morgan fingerprint density at radius 3 is 2.67 bits per heavy atom. The van der Waals surface area contributed by atoms with Crippen molar-refractivity contribution in [3.05, 3.63) is 12.4 Å². The molecular weight excluding hydrogens is 116 g/mol. The van der Waals surface area contributed by atoms with Crippen LogP contribution >= 0.6 is 0 Å². The number of hydrogen-bond donors (Lipinski definition) is 2. The number of anilines is 2. The Morgan fingerprint density at radius 2 is 2.22 bits per heavy atom. The number of rotatable bonds is 1. The van der Waals surface area contributed by atoms with Gasteiger partial charge in [-0.2, -0.15) is 0 Å². The van der Waals surface area contributed by atoms with Crippen molar-refractivity contribution >= 4 is 11.6 Å². The van der Waals surface area contributed by atoms with Crippen molar-refractivity contribution in [1.82, 2.24) is 9.97 Å². The van der Waals surface area contributed by atoms with Crippen molar-refractivity contribution in [1.29, 1.82) is 0 Å². The number of nitrogens with one attached hydrogen (secondary N) is 1. The zero-order valence-electron chi connectivity index (χ0n) is 5.13. The molecule has 1 aromatic rings. The van der Waals surface area contributed by atoms with Gasteiger partial charge in [0.05, 0.1) is 12.4 Å². The molecule has 0 radical (unpaired) electrons. The van der Waals surface area contributed by atoms with E-state index >= 15 is 0 Å². The zero-order chi connectivity index (χ0) is 6.69. The lowest BCUT2D eigenvalue weighted by molar-refractivity contribution is 1.20. The first-order chi connectivity index (χ1) is 4.33. The summed E-state index contributed by atoms with van der Waals surface area (Å²) in [6.45, 7) is 0. The van der Waals surface area contributed by atoms with Crippen LogP contribution < -0.4 is 11.1 Å². The molecular formula is C5H8N4. The smallest absolute Gasteiger partial charge is 0.144 e. The quantitative estimate of drug-likeness (QED) is 0.557. The van der Waals surface area contributed by atoms with Gasteiger partial charge in [-0.3, -0.25) is 0 Å². The topological polar surface area (TPSA) is 63.8 Å². The summed E-state index contributed by atoms with van der Waals surface area (Å²) in [6, 6.07) is 0. The van der Waals surface area contributed by atoms with Crippen LogP contribution in [0.5, 0.6) is 0 Å². The fourth-order valence-corrected chi connectivity index (χ4v) is 0.467. The Hall–Kier alpha value is -1.32. The summed E-state index contributed by atoms with van der Waals surface area (Å²) in [6.07, 6.45) is 3.08. The van der Waals surface area contributed by atoms with E-state index in [2.05, 4.69) is 15.3 Å². The van der Waals surface area contributed by atoms with Gasteiger partial charge in [-0.1, -0.05) is 0 Å². The number of nitrogens with two attached hydrogens (primary N) is 1. The number of nitrogens with zero attached hydrogens (tertiary/aromatic N) is 2. The van der Waals surface area contributed by atoms with E-state index in [1.54, 1.807) is 13.2 Å². The molecule has 0 amide bonds. The lowest BCUT2D eigenvalue weighted by atomic mass is 10.6. The summed E-state index contributed by atoms with van der Waals surface area (Å²) in [5, 5.41) is 2.82. The summed E-state index contributed by atoms with van der Waals surface area (Å²) in [4.78, 5) is 7.70. The van der Waals surface area contributed by atoms with Crippen molar-refractivity contribution in [3.63, 3.8) is 0 Å². The van der Waals surface area contributed by atoms with E-state index in [9.17, 15) is 0 Å². The van der Waals surface area contributed by atoms with E-state index in [1.165, 1.54) is 6.20 Å². The minimum Gasteiger partial charge on any atom is -0.382 e. The Morgan fingerprint density at radius 1 is 1.44 bits per heavy atom. The van der Waals surface area contributed by atoms with Crippen molar-refractivity contribution in [2.45, 2.75) is 0 Å². The molecule has 9 heavy (non-hydrogen) atoms. The van der Waals surface area contributed by atoms with Gasteiger partial charge in [0.25, 0.3) is 0 Å². The van der Waals surface area contributed by atoms with Gasteiger partial charge in [0.15, 0.2) is 0 Å². The highest BCUT2D eigenvalue weighted by Gasteiger charge is 1.87. The van der Waals surface area contributed by atoms with E-state index in [1.807, 2.05) is 0 Å². The second-order valence-electron chi connectivity index (χ2n) is 1.58. The third-order valence-electron chi connectivity index (χ3n) is 0.928. The summed E-state index contributed by atoms with van der Waals surface area (Å²) >= 11 is 0. The molecule has 0 spiro atoms. The van der Waals surface area contributed by atoms with Gasteiger partial charge in [0.2, 0.25) is 0 Å². The van der Waals surface area contributed by atoms with Crippen LogP contribution in [0.2, 0.25) is 0 Å². The average molecular weight is 124 g/mol. The first-order valence-corrected chi connectivity index (χ1v) is 2.58. The minimum absolute atomic E-state index is 0.439. The Balaban J connectivity index is 2.88. The SMILES string of the molecule is CNc1cnc(N)cn1. The Bertz CT molecular complexity index is 181. The zero-order valence-corrected chi connectivity index (χ0v) is 5.13. The van der Waals surface area contributed by atoms with Crippen LogP contribution in [0, 0.1) is 0 Å². The summed E-state index contributed by atoms with van der Waals surface area (Å²) in [7, 11) is 1.78. The van der Waals surface area contributed by atoms with Crippen molar-refractivity contribution in [3.8, 4) is 0 Å². The second kappa shape index (κ2) is 2.30. The fourth-order valence-electron chi connectivity index (χ4n) is 0.467. The largest absolute Gasteiger partial charge is 0.382 e. The summed E-state index contributed by atoms with van der Waals surface area (Å²) < 4.78 is 0. The van der Waals surface area contributed by atoms with Crippen molar-refractivity contribution in [2.75, 3.05) is 18.1 Å². The number of nitrogen functional groups attached to an aromatic ring is 1. The molecule has 1 aromatic heterocycles. The minimum atomic E-state index is 0.439. The van der Waals surface area contributed by atoms with Gasteiger partial charge in [-0.25, -0.2) is 9.97 Å². The van der Waals surface area contributed by atoms with Crippen LogP contribution in [0.15, 0.2) is 12.4 Å². The molecule has 0 aliphatic rings. The first-order valence-electron chi connectivity index (χ1n) is 2.58. The molecule has 4 heteroatoms. The molecule has 48 valence electrons. The fraction of sp³-hybridized carbons (Fsp3) is 0.200. The standard InChI is InChI=1S/C5H8N4/c1-7-5-3-8-4(6)2-9-5/h2-3H,1H3,(H2,6,8)(H,7,9). The van der Waals surface area contributed by atoms with Crippen LogP contribution in [-0.2, 0) is 0 Å². The molecule has 0 unspecified atom stereocenters. The maximum absolute atomic E-state index is 5.28. The van der Waals surface area contributed by atoms with E-state index in [0.717, 1.165) is 5.82 Å². The van der Waals surface area contributed by atoms with Gasteiger partial charge in [-0.15, -0.1) is 0 Å². The lowest BCUT2D eigenvalue weighted by Crippen LogP contribution is -1.95. The van der Waals surface area contributed by atoms with E-state index in [4.69, 9.17) is 5.73 Å². The van der Waals surface area contributed by atoms with E-state index < -0.39 is 0 Å². The summed E-state index contributed by atoms with van der Waals surface area (Å²) in [5.74, 6) is 1.17. The van der Waals surface area contributed by atoms with Crippen LogP contribution in [0.1, 0.15) is 0 Å². The normalized spacial score (nSPS) is 9.00. The van der Waals surface area contributed by atoms with Gasteiger partial charge in [-0.05, 0) is 0 Å². The molecule has 0 bridgehead atoms. The Labute approximate surface area is 53.1 Å². The number of aromatic nitrogens is 2. The van der Waals surface area contributed by atoms with Crippen molar-refractivity contribution < 1.29 is 0 Å². The third kappa shape index (κ3) is 1.28. The van der Waals surface area contributed by atoms with Crippen LogP contribution in [-0.4, -0.2) is 17.0 Å². The third-order valence-corrected chi connectivity index (χ3v) is 0.928. The van der Waals surface area contributed by atoms with Crippen LogP contribution in [0.3, 0.4) is 0 Å². The second-order valence-corrected chi connectivity index (χ2v) is 1.58. The van der Waals surface area contributed by atoms with Crippen LogP contribution in [0.25, 0.3) is 0 Å². The molecule has 0 aliphatic carbocycles. The predicted molar refractivity (Wildman–Crippen MR) is 36.0 cm³/mol. The molecule has 0 fully saturated rings. The lowest BCUT2D eigenvalue weighted by Gasteiger charge is -1.95. The Kier molecular flexibility index (Phi) is 1.48. The molecule has 0 saturated heterocycles. The molecule has 3 N–H and O–H groups in total. The van der Waals surface area contributed by atoms with Gasteiger partial charge < -0.3 is 11.1 Å². The number of hydrogen-bond acceptors (Lipinski definition) is 4. The van der Waals surface area contributed by atoms with E-state index in [-0.39, 0.29) is 0 Å². The van der Waals surface area contributed by atoms with Crippen molar-refractivity contribution in [2.24, 2.45) is 0 Å². The van der Waals surface area contributed by atoms with E-state index in [0.29, 0.717) is 5.82 Å².